The second-order valence-electron chi connectivity index (χ2n) is 11.1. The van der Waals surface area contributed by atoms with E-state index in [0.717, 1.165) is 48.4 Å². The van der Waals surface area contributed by atoms with Gasteiger partial charge in [0.25, 0.3) is 0 Å². The number of nitrogens with zero attached hydrogens (tertiary/aromatic N) is 4. The van der Waals surface area contributed by atoms with Gasteiger partial charge in [-0.3, -0.25) is 9.78 Å². The zero-order valence-corrected chi connectivity index (χ0v) is 22.6. The topological polar surface area (TPSA) is 126 Å². The number of carboxylic acids is 1. The zero-order valence-electron chi connectivity index (χ0n) is 21.9. The Hall–Kier alpha value is -4.02. The minimum Gasteiger partial charge on any atom is -0.477 e. The molecule has 40 heavy (non-hydrogen) atoms. The smallest absolute Gasteiger partial charge is 0.341 e. The summed E-state index contributed by atoms with van der Waals surface area (Å²) in [6.45, 7) is 1.49. The SMILES string of the molecule is CNc1cc(F)c(Cl)c2c1Cc1ncc(-c3cnc4c(c3)c(=O)c(C(=O)O)cn4C)c(N3CC[C@]4(C[C@@H]4N)C3)c1-2. The van der Waals surface area contributed by atoms with E-state index in [1.54, 1.807) is 32.6 Å². The molecule has 2 atom stereocenters. The van der Waals surface area contributed by atoms with Crippen molar-refractivity contribution in [2.24, 2.45) is 18.2 Å². The molecule has 1 saturated heterocycles. The molecule has 4 aromatic rings. The molecule has 0 unspecified atom stereocenters. The normalized spacial score (nSPS) is 20.7. The van der Waals surface area contributed by atoms with E-state index in [2.05, 4.69) is 15.2 Å². The van der Waals surface area contributed by atoms with Crippen molar-refractivity contribution < 1.29 is 14.3 Å². The number of benzene rings is 1. The fourth-order valence-corrected chi connectivity index (χ4v) is 6.84. The number of carbonyl (C=O) groups is 1. The number of rotatable bonds is 4. The number of nitrogens with one attached hydrogen (secondary N) is 1. The molecule has 4 N–H and O–H groups in total. The van der Waals surface area contributed by atoms with Gasteiger partial charge in [-0.05, 0) is 30.5 Å². The maximum Gasteiger partial charge on any atom is 0.341 e. The zero-order chi connectivity index (χ0) is 28.1. The highest BCUT2D eigenvalue weighted by atomic mass is 35.5. The van der Waals surface area contributed by atoms with Gasteiger partial charge in [-0.2, -0.15) is 0 Å². The van der Waals surface area contributed by atoms with Crippen molar-refractivity contribution in [3.63, 3.8) is 0 Å². The number of anilines is 2. The summed E-state index contributed by atoms with van der Waals surface area (Å²) in [4.78, 5) is 36.5. The van der Waals surface area contributed by atoms with Crippen molar-refractivity contribution >= 4 is 40.0 Å². The van der Waals surface area contributed by atoms with Gasteiger partial charge in [0.05, 0.1) is 21.8 Å². The van der Waals surface area contributed by atoms with E-state index in [1.165, 1.54) is 16.8 Å². The van der Waals surface area contributed by atoms with Crippen molar-refractivity contribution in [1.29, 1.82) is 0 Å². The molecule has 1 saturated carbocycles. The Balaban J connectivity index is 1.51. The van der Waals surface area contributed by atoms with Gasteiger partial charge in [0, 0.05) is 91.6 Å². The van der Waals surface area contributed by atoms with Crippen LogP contribution in [0.4, 0.5) is 15.8 Å². The fourth-order valence-electron chi connectivity index (χ4n) is 6.57. The lowest BCUT2D eigenvalue weighted by Crippen LogP contribution is -2.24. The van der Waals surface area contributed by atoms with Crippen LogP contribution in [0.1, 0.15) is 34.5 Å². The molecule has 4 heterocycles. The number of nitrogens with two attached hydrogens (primary N) is 1. The molecule has 3 aliphatic rings. The molecule has 0 radical (unpaired) electrons. The maximum atomic E-state index is 15.1. The van der Waals surface area contributed by atoms with Crippen molar-refractivity contribution in [3.05, 3.63) is 68.6 Å². The van der Waals surface area contributed by atoms with E-state index >= 15 is 4.39 Å². The monoisotopic (exact) mass is 560 g/mol. The Morgan fingerprint density at radius 2 is 2.05 bits per heavy atom. The Morgan fingerprint density at radius 1 is 1.27 bits per heavy atom. The number of halogens is 2. The first-order chi connectivity index (χ1) is 19.1. The van der Waals surface area contributed by atoms with Crippen LogP contribution in [0, 0.1) is 11.2 Å². The average molecular weight is 561 g/mol. The van der Waals surface area contributed by atoms with Gasteiger partial charge in [0.2, 0.25) is 5.43 Å². The summed E-state index contributed by atoms with van der Waals surface area (Å²) in [5.74, 6) is -1.82. The van der Waals surface area contributed by atoms with Gasteiger partial charge in [0.15, 0.2) is 0 Å². The summed E-state index contributed by atoms with van der Waals surface area (Å²) in [6.07, 6.45) is 7.08. The second kappa shape index (κ2) is 8.49. The quantitative estimate of drug-likeness (QED) is 0.301. The molecule has 2 aliphatic carbocycles. The van der Waals surface area contributed by atoms with Crippen molar-refractivity contribution in [2.75, 3.05) is 30.4 Å². The molecule has 2 fully saturated rings. The van der Waals surface area contributed by atoms with E-state index in [0.29, 0.717) is 34.4 Å². The lowest BCUT2D eigenvalue weighted by molar-refractivity contribution is 0.0695. The molecule has 1 spiro atoms. The number of aromatic nitrogens is 3. The van der Waals surface area contributed by atoms with Gasteiger partial charge in [-0.1, -0.05) is 11.6 Å². The number of aromatic carboxylic acids is 1. The largest absolute Gasteiger partial charge is 0.477 e. The first kappa shape index (κ1) is 25.0. The summed E-state index contributed by atoms with van der Waals surface area (Å²) >= 11 is 6.65. The molecule has 0 amide bonds. The fraction of sp³-hybridized carbons (Fsp3) is 0.310. The Morgan fingerprint density at radius 3 is 2.73 bits per heavy atom. The highest BCUT2D eigenvalue weighted by Gasteiger charge is 2.56. The highest BCUT2D eigenvalue weighted by Crippen LogP contribution is 2.57. The first-order valence-electron chi connectivity index (χ1n) is 13.1. The maximum absolute atomic E-state index is 15.1. The lowest BCUT2D eigenvalue weighted by Gasteiger charge is -2.26. The molecule has 7 rings (SSSR count). The first-order valence-corrected chi connectivity index (χ1v) is 13.5. The van der Waals surface area contributed by atoms with Crippen LogP contribution in [0.25, 0.3) is 33.3 Å². The van der Waals surface area contributed by atoms with Gasteiger partial charge in [-0.25, -0.2) is 14.2 Å². The van der Waals surface area contributed by atoms with Gasteiger partial charge in [0.1, 0.15) is 17.0 Å². The highest BCUT2D eigenvalue weighted by molar-refractivity contribution is 6.34. The summed E-state index contributed by atoms with van der Waals surface area (Å²) in [7, 11) is 3.40. The number of hydrogen-bond acceptors (Lipinski definition) is 7. The van der Waals surface area contributed by atoms with E-state index in [-0.39, 0.29) is 27.4 Å². The lowest BCUT2D eigenvalue weighted by atomic mass is 9.97. The van der Waals surface area contributed by atoms with E-state index in [1.807, 2.05) is 0 Å². The third kappa shape index (κ3) is 3.42. The van der Waals surface area contributed by atoms with E-state index in [4.69, 9.17) is 22.3 Å². The molecule has 204 valence electrons. The Kier molecular flexibility index (Phi) is 5.30. The molecule has 9 nitrogen and oxygen atoms in total. The third-order valence-electron chi connectivity index (χ3n) is 8.83. The van der Waals surface area contributed by atoms with E-state index < -0.39 is 17.2 Å². The van der Waals surface area contributed by atoms with Gasteiger partial charge >= 0.3 is 5.97 Å². The van der Waals surface area contributed by atoms with Gasteiger partial charge < -0.3 is 25.6 Å². The van der Waals surface area contributed by atoms with Crippen LogP contribution < -0.4 is 21.4 Å². The summed E-state index contributed by atoms with van der Waals surface area (Å²) in [5, 5.41) is 12.9. The second-order valence-corrected chi connectivity index (χ2v) is 11.4. The number of carboxylic acid groups (broad SMARTS) is 1. The van der Waals surface area contributed by atoms with Crippen molar-refractivity contribution in [1.82, 2.24) is 14.5 Å². The Labute approximate surface area is 233 Å². The van der Waals surface area contributed by atoms with Crippen molar-refractivity contribution in [2.45, 2.75) is 25.3 Å². The molecule has 11 heteroatoms. The number of aryl methyl sites for hydroxylation is 1. The van der Waals surface area contributed by atoms with Crippen LogP contribution in [-0.2, 0) is 13.5 Å². The molecular formula is C29H26ClFN6O3. The Bertz CT molecular complexity index is 1860. The van der Waals surface area contributed by atoms with Crippen LogP contribution in [0.15, 0.2) is 35.5 Å². The molecule has 1 aliphatic heterocycles. The average Bonchev–Trinajstić information content (AvgIpc) is 3.25. The van der Waals surface area contributed by atoms with Crippen molar-refractivity contribution in [3.8, 4) is 22.3 Å². The van der Waals surface area contributed by atoms with Crippen LogP contribution in [0.5, 0.6) is 0 Å². The van der Waals surface area contributed by atoms with Crippen LogP contribution in [0.3, 0.4) is 0 Å². The minimum atomic E-state index is -1.30. The predicted octanol–water partition coefficient (Wildman–Crippen LogP) is 4.03. The standard InChI is InChI=1S/C29H26ClFN6O3/c1-33-19-7-18(31)24(30)22-14(19)6-20-23(22)25(37-4-3-29(12-37)8-21(29)32)16(10-34-20)13-5-15-26(38)17(28(39)40)11-36(2)27(15)35-9-13/h5,7,9-11,21,33H,3-4,6,8,12,32H2,1-2H3,(H,39,40)/t21-,29-/m0/s1. The molecule has 1 aromatic carbocycles. The van der Waals surface area contributed by atoms with Gasteiger partial charge in [-0.15, -0.1) is 0 Å². The predicted molar refractivity (Wildman–Crippen MR) is 152 cm³/mol. The minimum absolute atomic E-state index is 0.0431. The molecular weight excluding hydrogens is 535 g/mol. The van der Waals surface area contributed by atoms with Crippen LogP contribution >= 0.6 is 11.6 Å². The number of hydrogen-bond donors (Lipinski definition) is 3. The van der Waals surface area contributed by atoms with E-state index in [9.17, 15) is 14.7 Å². The molecule has 3 aromatic heterocycles. The summed E-state index contributed by atoms with van der Waals surface area (Å²) in [5.41, 5.74) is 11.7. The van der Waals surface area contributed by atoms with Crippen LogP contribution in [-0.4, -0.2) is 51.8 Å². The summed E-state index contributed by atoms with van der Waals surface area (Å²) in [6, 6.07) is 3.21. The third-order valence-corrected chi connectivity index (χ3v) is 9.20. The number of pyridine rings is 3. The molecule has 0 bridgehead atoms. The number of fused-ring (bicyclic) bond motifs is 4. The van der Waals surface area contributed by atoms with Crippen LogP contribution in [0.2, 0.25) is 5.02 Å². The summed E-state index contributed by atoms with van der Waals surface area (Å²) < 4.78 is 16.6.